The first-order valence-corrected chi connectivity index (χ1v) is 7.33. The Bertz CT molecular complexity index is 255. The highest BCUT2D eigenvalue weighted by molar-refractivity contribution is 7.80. The van der Waals surface area contributed by atoms with E-state index in [1.54, 1.807) is 0 Å². The second-order valence-electron chi connectivity index (χ2n) is 5.57. The molecule has 2 fully saturated rings. The lowest BCUT2D eigenvalue weighted by molar-refractivity contribution is 0.110. The lowest BCUT2D eigenvalue weighted by Crippen LogP contribution is -2.53. The zero-order valence-electron chi connectivity index (χ0n) is 10.9. The van der Waals surface area contributed by atoms with Gasteiger partial charge in [-0.15, -0.1) is 0 Å². The third-order valence-corrected chi connectivity index (χ3v) is 4.70. The zero-order valence-corrected chi connectivity index (χ0v) is 11.7. The smallest absolute Gasteiger partial charge is 0.0899 e. The number of hydrogen-bond acceptors (Lipinski definition) is 3. The van der Waals surface area contributed by atoms with Crippen LogP contribution in [0.3, 0.4) is 0 Å². The highest BCUT2D eigenvalue weighted by Gasteiger charge is 2.24. The predicted molar refractivity (Wildman–Crippen MR) is 76.2 cm³/mol. The minimum atomic E-state index is 0.263. The normalized spacial score (nSPS) is 26.2. The van der Waals surface area contributed by atoms with Crippen molar-refractivity contribution in [3.63, 3.8) is 0 Å². The highest BCUT2D eigenvalue weighted by atomic mass is 32.1. The molecule has 0 spiro atoms. The molecule has 2 N–H and O–H groups in total. The van der Waals surface area contributed by atoms with Gasteiger partial charge in [0, 0.05) is 32.7 Å². The van der Waals surface area contributed by atoms with Crippen molar-refractivity contribution in [3.8, 4) is 0 Å². The van der Waals surface area contributed by atoms with Crippen molar-refractivity contribution in [3.05, 3.63) is 0 Å². The fourth-order valence-corrected chi connectivity index (χ4v) is 3.22. The second-order valence-corrected chi connectivity index (χ2v) is 6.04. The quantitative estimate of drug-likeness (QED) is 0.771. The van der Waals surface area contributed by atoms with Crippen LogP contribution < -0.4 is 5.73 Å². The number of thiocarbonyl (C=S) groups is 1. The fourth-order valence-electron chi connectivity index (χ4n) is 3.07. The summed E-state index contributed by atoms with van der Waals surface area (Å²) >= 11 is 5.07. The Balaban J connectivity index is 1.72. The van der Waals surface area contributed by atoms with E-state index in [-0.39, 0.29) is 6.04 Å². The number of rotatable bonds is 4. The Morgan fingerprint density at radius 3 is 2.35 bits per heavy atom. The van der Waals surface area contributed by atoms with Crippen LogP contribution >= 0.6 is 12.2 Å². The Labute approximate surface area is 110 Å². The molecule has 0 aromatic carbocycles. The van der Waals surface area contributed by atoms with E-state index < -0.39 is 0 Å². The Morgan fingerprint density at radius 2 is 1.82 bits per heavy atom. The van der Waals surface area contributed by atoms with E-state index in [2.05, 4.69) is 16.7 Å². The van der Waals surface area contributed by atoms with Crippen LogP contribution in [0.1, 0.15) is 32.6 Å². The molecular weight excluding hydrogens is 230 g/mol. The minimum absolute atomic E-state index is 0.263. The maximum atomic E-state index is 5.71. The van der Waals surface area contributed by atoms with Crippen LogP contribution in [0, 0.1) is 5.92 Å². The summed E-state index contributed by atoms with van der Waals surface area (Å²) in [6.07, 6.45) is 5.79. The van der Waals surface area contributed by atoms with Gasteiger partial charge in [0.25, 0.3) is 0 Å². The van der Waals surface area contributed by atoms with Crippen molar-refractivity contribution in [2.45, 2.75) is 38.6 Å². The van der Waals surface area contributed by atoms with Crippen LogP contribution in [0.25, 0.3) is 0 Å². The molecule has 0 aromatic heterocycles. The molecule has 0 aromatic rings. The fraction of sp³-hybridized carbons (Fsp3) is 0.923. The number of nitrogens with zero attached hydrogens (tertiary/aromatic N) is 2. The average Bonchev–Trinajstić information content (AvgIpc) is 2.82. The third kappa shape index (κ3) is 3.63. The molecular formula is C13H25N3S. The van der Waals surface area contributed by atoms with Crippen molar-refractivity contribution < 1.29 is 0 Å². The lowest BCUT2D eigenvalue weighted by atomic mass is 10.1. The molecule has 2 rings (SSSR count). The Kier molecular flexibility index (Phi) is 4.77. The summed E-state index contributed by atoms with van der Waals surface area (Å²) in [5, 5.41) is 0. The van der Waals surface area contributed by atoms with Crippen LogP contribution in [-0.4, -0.2) is 53.6 Å². The van der Waals surface area contributed by atoms with E-state index >= 15 is 0 Å². The van der Waals surface area contributed by atoms with Crippen LogP contribution in [0.4, 0.5) is 0 Å². The van der Waals surface area contributed by atoms with Gasteiger partial charge in [-0.2, -0.15) is 0 Å². The van der Waals surface area contributed by atoms with Gasteiger partial charge in [-0.05, 0) is 25.7 Å². The van der Waals surface area contributed by atoms with Gasteiger partial charge in [0.05, 0.1) is 11.0 Å². The maximum absolute atomic E-state index is 5.71. The van der Waals surface area contributed by atoms with Crippen LogP contribution in [0.2, 0.25) is 0 Å². The van der Waals surface area contributed by atoms with Crippen molar-refractivity contribution in [2.75, 3.05) is 32.7 Å². The molecule has 0 bridgehead atoms. The molecule has 1 aliphatic carbocycles. The van der Waals surface area contributed by atoms with Crippen LogP contribution in [-0.2, 0) is 0 Å². The summed E-state index contributed by atoms with van der Waals surface area (Å²) in [6.45, 7) is 8.04. The van der Waals surface area contributed by atoms with Crippen molar-refractivity contribution in [1.29, 1.82) is 0 Å². The molecule has 0 amide bonds. The monoisotopic (exact) mass is 255 g/mol. The molecule has 2 aliphatic rings. The van der Waals surface area contributed by atoms with Gasteiger partial charge in [0.15, 0.2) is 0 Å². The standard InChI is InChI=1S/C13H25N3S/c1-11(13(14)17)16-8-6-15(7-9-16)10-12-4-2-3-5-12/h11-12H,2-10H2,1H3,(H2,14,17). The van der Waals surface area contributed by atoms with Crippen molar-refractivity contribution in [1.82, 2.24) is 9.80 Å². The van der Waals surface area contributed by atoms with Gasteiger partial charge in [-0.25, -0.2) is 0 Å². The first-order chi connectivity index (χ1) is 8.16. The average molecular weight is 255 g/mol. The van der Waals surface area contributed by atoms with Crippen LogP contribution in [0.15, 0.2) is 0 Å². The van der Waals surface area contributed by atoms with Gasteiger partial charge < -0.3 is 10.6 Å². The molecule has 1 unspecified atom stereocenters. The first-order valence-electron chi connectivity index (χ1n) is 6.92. The zero-order chi connectivity index (χ0) is 12.3. The summed E-state index contributed by atoms with van der Waals surface area (Å²) in [5.41, 5.74) is 5.71. The van der Waals surface area contributed by atoms with Gasteiger partial charge >= 0.3 is 0 Å². The summed E-state index contributed by atoms with van der Waals surface area (Å²) in [6, 6.07) is 0.263. The molecule has 17 heavy (non-hydrogen) atoms. The molecule has 1 heterocycles. The molecule has 98 valence electrons. The molecule has 0 radical (unpaired) electrons. The van der Waals surface area contributed by atoms with E-state index in [1.807, 2.05) is 0 Å². The molecule has 1 saturated carbocycles. The number of hydrogen-bond donors (Lipinski definition) is 1. The minimum Gasteiger partial charge on any atom is -0.392 e. The van der Waals surface area contributed by atoms with E-state index in [9.17, 15) is 0 Å². The third-order valence-electron chi connectivity index (χ3n) is 4.36. The first kappa shape index (κ1) is 13.2. The molecule has 1 aliphatic heterocycles. The van der Waals surface area contributed by atoms with E-state index in [0.717, 1.165) is 19.0 Å². The molecule has 1 saturated heterocycles. The van der Waals surface area contributed by atoms with Gasteiger partial charge in [-0.3, -0.25) is 4.90 Å². The van der Waals surface area contributed by atoms with Gasteiger partial charge in [0.1, 0.15) is 0 Å². The molecule has 3 nitrogen and oxygen atoms in total. The topological polar surface area (TPSA) is 32.5 Å². The summed E-state index contributed by atoms with van der Waals surface area (Å²) in [7, 11) is 0. The Hall–Kier alpha value is -0.190. The summed E-state index contributed by atoms with van der Waals surface area (Å²) < 4.78 is 0. The largest absolute Gasteiger partial charge is 0.392 e. The van der Waals surface area contributed by atoms with E-state index in [4.69, 9.17) is 18.0 Å². The summed E-state index contributed by atoms with van der Waals surface area (Å²) in [5.74, 6) is 0.967. The SMILES string of the molecule is CC(C(N)=S)N1CCN(CC2CCCC2)CC1. The predicted octanol–water partition coefficient (Wildman–Crippen LogP) is 1.47. The Morgan fingerprint density at radius 1 is 1.24 bits per heavy atom. The van der Waals surface area contributed by atoms with Gasteiger partial charge in [0.2, 0.25) is 0 Å². The summed E-state index contributed by atoms with van der Waals surface area (Å²) in [4.78, 5) is 5.67. The highest BCUT2D eigenvalue weighted by Crippen LogP contribution is 2.25. The molecule has 1 atom stereocenters. The lowest BCUT2D eigenvalue weighted by Gasteiger charge is -2.38. The second kappa shape index (κ2) is 6.12. The van der Waals surface area contributed by atoms with E-state index in [1.165, 1.54) is 45.3 Å². The van der Waals surface area contributed by atoms with Crippen molar-refractivity contribution in [2.24, 2.45) is 11.7 Å². The van der Waals surface area contributed by atoms with E-state index in [0.29, 0.717) is 4.99 Å². The van der Waals surface area contributed by atoms with Crippen molar-refractivity contribution >= 4 is 17.2 Å². The number of nitrogens with two attached hydrogens (primary N) is 1. The van der Waals surface area contributed by atoms with Crippen LogP contribution in [0.5, 0.6) is 0 Å². The molecule has 4 heteroatoms. The maximum Gasteiger partial charge on any atom is 0.0899 e. The van der Waals surface area contributed by atoms with Gasteiger partial charge in [-0.1, -0.05) is 25.1 Å². The number of piperazine rings is 1.